The Balaban J connectivity index is 1.91. The van der Waals surface area contributed by atoms with E-state index >= 15 is 0 Å². The van der Waals surface area contributed by atoms with Gasteiger partial charge in [-0.05, 0) is 37.0 Å². The van der Waals surface area contributed by atoms with E-state index in [1.807, 2.05) is 12.1 Å². The van der Waals surface area contributed by atoms with Gasteiger partial charge in [0.15, 0.2) is 0 Å². The van der Waals surface area contributed by atoms with Gasteiger partial charge in [0, 0.05) is 16.9 Å². The van der Waals surface area contributed by atoms with Gasteiger partial charge >= 0.3 is 0 Å². The second-order valence-corrected chi connectivity index (χ2v) is 5.05. The fraction of sp³-hybridized carbons (Fsp3) is 0.462. The maximum Gasteiger partial charge on any atom is 0.227 e. The van der Waals surface area contributed by atoms with E-state index in [9.17, 15) is 4.79 Å². The highest BCUT2D eigenvalue weighted by Gasteiger charge is 2.24. The number of benzene rings is 1. The first-order valence-corrected chi connectivity index (χ1v) is 6.87. The number of amides is 1. The van der Waals surface area contributed by atoms with Crippen LogP contribution in [0.1, 0.15) is 24.8 Å². The quantitative estimate of drug-likeness (QED) is 0.843. The highest BCUT2D eigenvalue weighted by molar-refractivity contribution is 9.09. The Kier molecular flexibility index (Phi) is 3.99. The predicted octanol–water partition coefficient (Wildman–Crippen LogP) is 3.36. The van der Waals surface area contributed by atoms with Crippen molar-refractivity contribution in [2.45, 2.75) is 25.7 Å². The molecule has 0 atom stereocenters. The maximum atomic E-state index is 11.7. The summed E-state index contributed by atoms with van der Waals surface area (Å²) >= 11 is 3.41. The van der Waals surface area contributed by atoms with Gasteiger partial charge in [-0.25, -0.2) is 0 Å². The van der Waals surface area contributed by atoms with E-state index in [2.05, 4.69) is 33.4 Å². The summed E-state index contributed by atoms with van der Waals surface area (Å²) in [5.74, 6) is 0.432. The van der Waals surface area contributed by atoms with Gasteiger partial charge < -0.3 is 5.32 Å². The highest BCUT2D eigenvalue weighted by Crippen LogP contribution is 2.27. The number of anilines is 1. The fourth-order valence-corrected chi connectivity index (χ4v) is 2.24. The molecule has 0 heterocycles. The summed E-state index contributed by atoms with van der Waals surface area (Å²) in [6.45, 7) is 0. The van der Waals surface area contributed by atoms with Crippen LogP contribution in [0.4, 0.5) is 5.69 Å². The van der Waals surface area contributed by atoms with Crippen LogP contribution in [0.3, 0.4) is 0 Å². The minimum atomic E-state index is 0.180. The second-order valence-electron chi connectivity index (χ2n) is 4.25. The summed E-state index contributed by atoms with van der Waals surface area (Å²) in [6.07, 6.45) is 4.32. The van der Waals surface area contributed by atoms with Crippen LogP contribution >= 0.6 is 15.9 Å². The van der Waals surface area contributed by atoms with Crippen LogP contribution in [-0.4, -0.2) is 11.2 Å². The molecule has 1 aromatic rings. The average Bonchev–Trinajstić information content (AvgIpc) is 2.18. The Morgan fingerprint density at radius 3 is 2.50 bits per heavy atom. The van der Waals surface area contributed by atoms with Crippen molar-refractivity contribution < 1.29 is 4.79 Å². The molecule has 16 heavy (non-hydrogen) atoms. The van der Waals surface area contributed by atoms with Crippen LogP contribution in [0, 0.1) is 5.92 Å². The first-order valence-electron chi connectivity index (χ1n) is 5.75. The van der Waals surface area contributed by atoms with Gasteiger partial charge in [-0.2, -0.15) is 0 Å². The molecule has 1 aliphatic rings. The van der Waals surface area contributed by atoms with Crippen LogP contribution in [0.5, 0.6) is 0 Å². The predicted molar refractivity (Wildman–Crippen MR) is 69.9 cm³/mol. The van der Waals surface area contributed by atoms with E-state index in [0.29, 0.717) is 0 Å². The zero-order valence-electron chi connectivity index (χ0n) is 9.21. The van der Waals surface area contributed by atoms with Crippen molar-refractivity contribution in [3.05, 3.63) is 29.8 Å². The third kappa shape index (κ3) is 2.85. The molecule has 1 fully saturated rings. The molecule has 86 valence electrons. The number of alkyl halides is 1. The summed E-state index contributed by atoms with van der Waals surface area (Å²) in [6, 6.07) is 8.10. The van der Waals surface area contributed by atoms with Crippen molar-refractivity contribution in [1.29, 1.82) is 0 Å². The van der Waals surface area contributed by atoms with Crippen LogP contribution in [0.2, 0.25) is 0 Å². The Morgan fingerprint density at radius 2 is 2.00 bits per heavy atom. The third-order valence-corrected chi connectivity index (χ3v) is 3.48. The fourth-order valence-electron chi connectivity index (χ4n) is 1.78. The van der Waals surface area contributed by atoms with E-state index in [1.165, 1.54) is 12.0 Å². The number of hydrogen-bond acceptors (Lipinski definition) is 1. The minimum Gasteiger partial charge on any atom is -0.326 e. The number of carbonyl (C=O) groups excluding carboxylic acids is 1. The molecule has 1 aromatic carbocycles. The number of hydrogen-bond donors (Lipinski definition) is 1. The summed E-state index contributed by atoms with van der Waals surface area (Å²) in [7, 11) is 0. The normalized spacial score (nSPS) is 15.6. The topological polar surface area (TPSA) is 29.1 Å². The molecule has 0 aromatic heterocycles. The van der Waals surface area contributed by atoms with Crippen molar-refractivity contribution in [2.75, 3.05) is 10.6 Å². The van der Waals surface area contributed by atoms with Crippen LogP contribution in [0.25, 0.3) is 0 Å². The third-order valence-electron chi connectivity index (χ3n) is 3.08. The van der Waals surface area contributed by atoms with Crippen molar-refractivity contribution in [1.82, 2.24) is 0 Å². The van der Waals surface area contributed by atoms with Crippen LogP contribution in [-0.2, 0) is 11.2 Å². The second kappa shape index (κ2) is 5.48. The molecular formula is C13H16BrNO. The summed E-state index contributed by atoms with van der Waals surface area (Å²) < 4.78 is 0. The van der Waals surface area contributed by atoms with Crippen molar-refractivity contribution >= 4 is 27.5 Å². The molecule has 1 N–H and O–H groups in total. The summed E-state index contributed by atoms with van der Waals surface area (Å²) in [5.41, 5.74) is 2.20. The molecule has 1 saturated carbocycles. The smallest absolute Gasteiger partial charge is 0.227 e. The van der Waals surface area contributed by atoms with Gasteiger partial charge in [-0.3, -0.25) is 4.79 Å². The van der Waals surface area contributed by atoms with E-state index in [-0.39, 0.29) is 11.8 Å². The number of aryl methyl sites for hydroxylation is 1. The SMILES string of the molecule is O=C(Nc1ccc(CCBr)cc1)C1CCC1. The van der Waals surface area contributed by atoms with Crippen molar-refractivity contribution in [3.8, 4) is 0 Å². The van der Waals surface area contributed by atoms with Gasteiger partial charge in [0.1, 0.15) is 0 Å². The number of rotatable bonds is 4. The zero-order chi connectivity index (χ0) is 11.4. The number of halogens is 1. The highest BCUT2D eigenvalue weighted by atomic mass is 79.9. The maximum absolute atomic E-state index is 11.7. The molecular weight excluding hydrogens is 266 g/mol. The van der Waals surface area contributed by atoms with Gasteiger partial charge in [-0.15, -0.1) is 0 Å². The number of nitrogens with one attached hydrogen (secondary N) is 1. The Bertz CT molecular complexity index is 357. The molecule has 0 spiro atoms. The lowest BCUT2D eigenvalue weighted by Gasteiger charge is -2.24. The average molecular weight is 282 g/mol. The van der Waals surface area contributed by atoms with E-state index in [4.69, 9.17) is 0 Å². The van der Waals surface area contributed by atoms with Crippen molar-refractivity contribution in [2.24, 2.45) is 5.92 Å². The Hall–Kier alpha value is -0.830. The van der Waals surface area contributed by atoms with Crippen LogP contribution < -0.4 is 5.32 Å². The molecule has 1 aliphatic carbocycles. The molecule has 0 aliphatic heterocycles. The van der Waals surface area contributed by atoms with Gasteiger partial charge in [0.25, 0.3) is 0 Å². The molecule has 0 bridgehead atoms. The first kappa shape index (κ1) is 11.6. The minimum absolute atomic E-state index is 0.180. The summed E-state index contributed by atoms with van der Waals surface area (Å²) in [5, 5.41) is 3.94. The molecule has 0 unspecified atom stereocenters. The monoisotopic (exact) mass is 281 g/mol. The van der Waals surface area contributed by atoms with E-state index in [0.717, 1.165) is 30.3 Å². The molecule has 3 heteroatoms. The lowest BCUT2D eigenvalue weighted by Crippen LogP contribution is -2.27. The Labute approximate surface area is 105 Å². The first-order chi connectivity index (χ1) is 7.79. The van der Waals surface area contributed by atoms with Gasteiger partial charge in [0.05, 0.1) is 0 Å². The largest absolute Gasteiger partial charge is 0.326 e. The van der Waals surface area contributed by atoms with E-state index < -0.39 is 0 Å². The molecule has 0 radical (unpaired) electrons. The van der Waals surface area contributed by atoms with Gasteiger partial charge in [0.2, 0.25) is 5.91 Å². The standard InChI is InChI=1S/C13H16BrNO/c14-9-8-10-4-6-12(7-5-10)15-13(16)11-2-1-3-11/h4-7,11H,1-3,8-9H2,(H,15,16). The van der Waals surface area contributed by atoms with Crippen molar-refractivity contribution in [3.63, 3.8) is 0 Å². The van der Waals surface area contributed by atoms with Crippen LogP contribution in [0.15, 0.2) is 24.3 Å². The zero-order valence-corrected chi connectivity index (χ0v) is 10.8. The van der Waals surface area contributed by atoms with Gasteiger partial charge in [-0.1, -0.05) is 34.5 Å². The lowest BCUT2D eigenvalue weighted by molar-refractivity contribution is -0.122. The molecule has 0 saturated heterocycles. The molecule has 2 nitrogen and oxygen atoms in total. The lowest BCUT2D eigenvalue weighted by atomic mass is 9.85. The van der Waals surface area contributed by atoms with E-state index in [1.54, 1.807) is 0 Å². The summed E-state index contributed by atoms with van der Waals surface area (Å²) in [4.78, 5) is 11.7. The Morgan fingerprint density at radius 1 is 1.31 bits per heavy atom. The number of carbonyl (C=O) groups is 1. The molecule has 1 amide bonds. The molecule has 2 rings (SSSR count).